The second kappa shape index (κ2) is 5.64. The minimum absolute atomic E-state index is 0.193. The predicted molar refractivity (Wildman–Crippen MR) is 91.0 cm³/mol. The molecule has 20 heavy (non-hydrogen) atoms. The summed E-state index contributed by atoms with van der Waals surface area (Å²) < 4.78 is 0. The first-order valence-electron chi connectivity index (χ1n) is 7.62. The SMILES string of the molecule is CCCC[C@]1(C)NC(=S)N2N1C(=S)N[C@@]2(C)CCCC. The van der Waals surface area contributed by atoms with E-state index in [4.69, 9.17) is 24.4 Å². The van der Waals surface area contributed by atoms with Crippen LogP contribution in [0.1, 0.15) is 66.2 Å². The molecule has 0 saturated carbocycles. The maximum Gasteiger partial charge on any atom is 0.192 e. The molecule has 0 unspecified atom stereocenters. The minimum atomic E-state index is -0.193. The zero-order valence-corrected chi connectivity index (χ0v) is 14.6. The average molecular weight is 315 g/mol. The van der Waals surface area contributed by atoms with Gasteiger partial charge in [0.05, 0.1) is 0 Å². The number of nitrogens with zero attached hydrogens (tertiary/aromatic N) is 2. The van der Waals surface area contributed by atoms with Gasteiger partial charge in [0, 0.05) is 0 Å². The normalized spacial score (nSPS) is 32.4. The van der Waals surface area contributed by atoms with E-state index in [9.17, 15) is 0 Å². The van der Waals surface area contributed by atoms with Gasteiger partial charge < -0.3 is 10.6 Å². The van der Waals surface area contributed by atoms with E-state index in [1.807, 2.05) is 0 Å². The van der Waals surface area contributed by atoms with Gasteiger partial charge >= 0.3 is 0 Å². The van der Waals surface area contributed by atoms with Crippen LogP contribution < -0.4 is 10.6 Å². The van der Waals surface area contributed by atoms with Crippen molar-refractivity contribution in [3.05, 3.63) is 0 Å². The van der Waals surface area contributed by atoms with Crippen molar-refractivity contribution >= 4 is 34.7 Å². The molecule has 0 spiro atoms. The fraction of sp³-hybridized carbons (Fsp3) is 0.857. The van der Waals surface area contributed by atoms with E-state index >= 15 is 0 Å². The lowest BCUT2D eigenvalue weighted by Crippen LogP contribution is -2.52. The van der Waals surface area contributed by atoms with Crippen LogP contribution in [0.4, 0.5) is 0 Å². The lowest BCUT2D eigenvalue weighted by atomic mass is 10.1. The maximum atomic E-state index is 5.58. The number of hydrazine groups is 1. The summed E-state index contributed by atoms with van der Waals surface area (Å²) in [7, 11) is 0. The van der Waals surface area contributed by atoms with Crippen LogP contribution in [0.25, 0.3) is 0 Å². The van der Waals surface area contributed by atoms with Gasteiger partial charge in [-0.3, -0.25) is 0 Å². The number of unbranched alkanes of at least 4 members (excludes halogenated alkanes) is 2. The Morgan fingerprint density at radius 1 is 0.850 bits per heavy atom. The summed E-state index contributed by atoms with van der Waals surface area (Å²) in [6.45, 7) is 8.80. The van der Waals surface area contributed by atoms with Gasteiger partial charge in [0.2, 0.25) is 0 Å². The highest BCUT2D eigenvalue weighted by molar-refractivity contribution is 7.80. The molecular weight excluding hydrogens is 288 g/mol. The first kappa shape index (κ1) is 15.8. The molecule has 2 rings (SSSR count). The third-order valence-corrected chi connectivity index (χ3v) is 4.86. The molecule has 114 valence electrons. The Kier molecular flexibility index (Phi) is 4.44. The summed E-state index contributed by atoms with van der Waals surface area (Å²) in [5, 5.41) is 12.9. The lowest BCUT2D eigenvalue weighted by molar-refractivity contribution is 0.00621. The molecule has 0 bridgehead atoms. The minimum Gasteiger partial charge on any atom is -0.337 e. The van der Waals surface area contributed by atoms with E-state index in [0.717, 1.165) is 35.9 Å². The van der Waals surface area contributed by atoms with Gasteiger partial charge in [-0.15, -0.1) is 0 Å². The van der Waals surface area contributed by atoms with E-state index in [1.165, 1.54) is 12.8 Å². The highest BCUT2D eigenvalue weighted by atomic mass is 32.1. The average Bonchev–Trinajstić information content (AvgIpc) is 2.81. The summed E-state index contributed by atoms with van der Waals surface area (Å²) in [5.41, 5.74) is -0.387. The lowest BCUT2D eigenvalue weighted by Gasteiger charge is -2.37. The molecule has 0 radical (unpaired) electrons. The van der Waals surface area contributed by atoms with Gasteiger partial charge in [0.15, 0.2) is 10.2 Å². The van der Waals surface area contributed by atoms with Gasteiger partial charge in [0.1, 0.15) is 11.3 Å². The Morgan fingerprint density at radius 3 is 1.50 bits per heavy atom. The fourth-order valence-corrected chi connectivity index (χ4v) is 4.13. The van der Waals surface area contributed by atoms with Crippen LogP contribution in [0.2, 0.25) is 0 Å². The number of rotatable bonds is 6. The molecule has 0 aromatic carbocycles. The monoisotopic (exact) mass is 314 g/mol. The molecule has 2 heterocycles. The second-order valence-electron chi connectivity index (χ2n) is 6.24. The van der Waals surface area contributed by atoms with E-state index in [2.05, 4.69) is 48.3 Å². The standard InChI is InChI=1S/C14H26N4S2/c1-5-7-9-13(3)15-11(19)18-14(4,10-8-6-2)16-12(20)17(13)18/h5-10H2,1-4H3,(H,15,19)(H,16,20)/t13-,14-/m1/s1. The Bertz CT molecular complexity index is 376. The highest BCUT2D eigenvalue weighted by Crippen LogP contribution is 2.38. The number of hydrogen-bond acceptors (Lipinski definition) is 2. The maximum absolute atomic E-state index is 5.58. The first-order valence-corrected chi connectivity index (χ1v) is 8.44. The molecule has 6 heteroatoms. The molecule has 2 fully saturated rings. The third-order valence-electron chi connectivity index (χ3n) is 4.31. The molecule has 4 nitrogen and oxygen atoms in total. The van der Waals surface area contributed by atoms with Crippen LogP contribution in [0.5, 0.6) is 0 Å². The molecule has 2 saturated heterocycles. The molecule has 0 aromatic rings. The molecule has 0 aliphatic carbocycles. The third kappa shape index (κ3) is 2.48. The number of nitrogens with one attached hydrogen (secondary N) is 2. The summed E-state index contributed by atoms with van der Waals surface area (Å²) in [6.07, 6.45) is 6.73. The zero-order valence-electron chi connectivity index (χ0n) is 13.0. The van der Waals surface area contributed by atoms with Crippen LogP contribution in [-0.4, -0.2) is 31.6 Å². The first-order chi connectivity index (χ1) is 9.38. The quantitative estimate of drug-likeness (QED) is 0.733. The van der Waals surface area contributed by atoms with E-state index in [1.54, 1.807) is 0 Å². The molecule has 0 aromatic heterocycles. The Hall–Kier alpha value is -0.620. The molecule has 2 aliphatic heterocycles. The summed E-state index contributed by atoms with van der Waals surface area (Å²) in [6, 6.07) is 0. The van der Waals surface area contributed by atoms with E-state index in [0.29, 0.717) is 0 Å². The largest absolute Gasteiger partial charge is 0.337 e. The number of fused-ring (bicyclic) bond motifs is 1. The van der Waals surface area contributed by atoms with E-state index < -0.39 is 0 Å². The Morgan fingerprint density at radius 2 is 1.20 bits per heavy atom. The van der Waals surface area contributed by atoms with Crippen LogP contribution in [0.15, 0.2) is 0 Å². The van der Waals surface area contributed by atoms with Crippen LogP contribution in [0, 0.1) is 0 Å². The predicted octanol–water partition coefficient (Wildman–Crippen LogP) is 3.09. The van der Waals surface area contributed by atoms with Crippen molar-refractivity contribution in [1.29, 1.82) is 0 Å². The molecule has 2 N–H and O–H groups in total. The Labute approximate surface area is 133 Å². The van der Waals surface area contributed by atoms with E-state index in [-0.39, 0.29) is 11.3 Å². The molecular formula is C14H26N4S2. The number of hydrogen-bond donors (Lipinski definition) is 2. The molecule has 2 atom stereocenters. The number of thiocarbonyl (C=S) groups is 2. The van der Waals surface area contributed by atoms with Crippen molar-refractivity contribution in [3.63, 3.8) is 0 Å². The summed E-state index contributed by atoms with van der Waals surface area (Å²) >= 11 is 11.2. The molecule has 0 amide bonds. The van der Waals surface area contributed by atoms with Gasteiger partial charge in [0.25, 0.3) is 0 Å². The van der Waals surface area contributed by atoms with Crippen molar-refractivity contribution in [2.24, 2.45) is 0 Å². The fourth-order valence-electron chi connectivity index (χ4n) is 3.12. The Balaban J connectivity index is 2.25. The van der Waals surface area contributed by atoms with Crippen molar-refractivity contribution in [1.82, 2.24) is 20.7 Å². The topological polar surface area (TPSA) is 30.5 Å². The van der Waals surface area contributed by atoms with Crippen molar-refractivity contribution in [2.75, 3.05) is 0 Å². The van der Waals surface area contributed by atoms with Crippen LogP contribution in [-0.2, 0) is 0 Å². The van der Waals surface area contributed by atoms with Crippen LogP contribution >= 0.6 is 24.4 Å². The summed E-state index contributed by atoms with van der Waals surface area (Å²) in [4.78, 5) is 0. The van der Waals surface area contributed by atoms with Gasteiger partial charge in [-0.1, -0.05) is 26.7 Å². The zero-order chi connectivity index (χ0) is 15.0. The van der Waals surface area contributed by atoms with Crippen molar-refractivity contribution < 1.29 is 0 Å². The van der Waals surface area contributed by atoms with Crippen molar-refractivity contribution in [2.45, 2.75) is 77.5 Å². The smallest absolute Gasteiger partial charge is 0.192 e. The van der Waals surface area contributed by atoms with Crippen LogP contribution in [0.3, 0.4) is 0 Å². The second-order valence-corrected chi connectivity index (χ2v) is 7.01. The van der Waals surface area contributed by atoms with Gasteiger partial charge in [-0.2, -0.15) is 0 Å². The van der Waals surface area contributed by atoms with Crippen molar-refractivity contribution in [3.8, 4) is 0 Å². The highest BCUT2D eigenvalue weighted by Gasteiger charge is 2.56. The van der Waals surface area contributed by atoms with Gasteiger partial charge in [-0.05, 0) is 64.0 Å². The molecule has 2 aliphatic rings. The summed E-state index contributed by atoms with van der Waals surface area (Å²) in [5.74, 6) is 0. The van der Waals surface area contributed by atoms with Gasteiger partial charge in [-0.25, -0.2) is 10.0 Å².